The van der Waals surface area contributed by atoms with Gasteiger partial charge in [0.2, 0.25) is 5.91 Å². The molecule has 0 bridgehead atoms. The van der Waals surface area contributed by atoms with Crippen molar-refractivity contribution in [2.75, 3.05) is 13.1 Å². The summed E-state index contributed by atoms with van der Waals surface area (Å²) in [7, 11) is 0. The average Bonchev–Trinajstić information content (AvgIpc) is 3.24. The van der Waals surface area contributed by atoms with E-state index in [-0.39, 0.29) is 29.5 Å². The smallest absolute Gasteiger partial charge is 0.265 e. The highest BCUT2D eigenvalue weighted by Gasteiger charge is 2.31. The second kappa shape index (κ2) is 10.2. The second-order valence-electron chi connectivity index (χ2n) is 8.44. The van der Waals surface area contributed by atoms with Gasteiger partial charge in [-0.1, -0.05) is 13.0 Å². The van der Waals surface area contributed by atoms with Crippen LogP contribution in [0.15, 0.2) is 48.8 Å². The number of nitrogens with zero attached hydrogens (tertiary/aromatic N) is 3. The largest absolute Gasteiger partial charge is 0.352 e. The number of halogens is 1. The maximum absolute atomic E-state index is 13.2. The number of benzene rings is 1. The van der Waals surface area contributed by atoms with Crippen molar-refractivity contribution in [3.05, 3.63) is 70.7 Å². The van der Waals surface area contributed by atoms with Crippen LogP contribution in [0.1, 0.15) is 40.7 Å². The minimum Gasteiger partial charge on any atom is -0.352 e. The first-order chi connectivity index (χ1) is 15.9. The van der Waals surface area contributed by atoms with E-state index in [1.54, 1.807) is 24.5 Å². The molecule has 4 rings (SSSR count). The Kier molecular flexibility index (Phi) is 7.13. The predicted octanol–water partition coefficient (Wildman–Crippen LogP) is 4.46. The van der Waals surface area contributed by atoms with Gasteiger partial charge in [0.1, 0.15) is 15.7 Å². The summed E-state index contributed by atoms with van der Waals surface area (Å²) in [6.07, 6.45) is 5.03. The number of thiazole rings is 1. The summed E-state index contributed by atoms with van der Waals surface area (Å²) in [5, 5.41) is 3.71. The van der Waals surface area contributed by atoms with Gasteiger partial charge in [0.15, 0.2) is 0 Å². The van der Waals surface area contributed by atoms with Gasteiger partial charge in [-0.15, -0.1) is 11.3 Å². The van der Waals surface area contributed by atoms with Crippen LogP contribution in [0.4, 0.5) is 4.39 Å². The van der Waals surface area contributed by atoms with Crippen LogP contribution in [0.2, 0.25) is 0 Å². The molecule has 1 aliphatic rings. The molecule has 1 aliphatic heterocycles. The third-order valence-electron chi connectivity index (χ3n) is 6.22. The highest BCUT2D eigenvalue weighted by molar-refractivity contribution is 7.17. The molecule has 1 atom stereocenters. The Hall–Kier alpha value is -3.13. The number of likely N-dealkylation sites (tertiary alicyclic amines) is 1. The molecule has 3 aromatic rings. The molecule has 0 radical (unpaired) electrons. The SMILES string of the molecule is Cc1nc(-c2ccc(F)cc2)sc1C(=O)N1CCC([C@H](C)C(=O)NCc2cccnc2)CC1. The van der Waals surface area contributed by atoms with Gasteiger partial charge in [-0.2, -0.15) is 0 Å². The zero-order valence-corrected chi connectivity index (χ0v) is 19.6. The molecule has 1 N–H and O–H groups in total. The quantitative estimate of drug-likeness (QED) is 0.582. The fraction of sp³-hybridized carbons (Fsp3) is 0.360. The molecule has 0 unspecified atom stereocenters. The Morgan fingerprint density at radius 1 is 1.21 bits per heavy atom. The number of carbonyl (C=O) groups excluding carboxylic acids is 2. The number of hydrogen-bond donors (Lipinski definition) is 1. The molecule has 0 spiro atoms. The van der Waals surface area contributed by atoms with Crippen molar-refractivity contribution in [3.63, 3.8) is 0 Å². The van der Waals surface area contributed by atoms with Crippen molar-refractivity contribution in [3.8, 4) is 10.6 Å². The number of amides is 2. The lowest BCUT2D eigenvalue weighted by Gasteiger charge is -2.34. The summed E-state index contributed by atoms with van der Waals surface area (Å²) >= 11 is 1.34. The van der Waals surface area contributed by atoms with Gasteiger partial charge in [-0.05, 0) is 61.6 Å². The average molecular weight is 467 g/mol. The Morgan fingerprint density at radius 3 is 2.61 bits per heavy atom. The first-order valence-corrected chi connectivity index (χ1v) is 11.9. The summed E-state index contributed by atoms with van der Waals surface area (Å²) in [5.41, 5.74) is 2.46. The zero-order valence-electron chi connectivity index (χ0n) is 18.8. The van der Waals surface area contributed by atoms with Crippen molar-refractivity contribution < 1.29 is 14.0 Å². The van der Waals surface area contributed by atoms with Crippen LogP contribution < -0.4 is 5.32 Å². The Labute approximate surface area is 196 Å². The molecular formula is C25H27FN4O2S. The van der Waals surface area contributed by atoms with Gasteiger partial charge in [0, 0.05) is 43.5 Å². The van der Waals surface area contributed by atoms with E-state index in [9.17, 15) is 14.0 Å². The summed E-state index contributed by atoms with van der Waals surface area (Å²) in [5.74, 6) is -0.169. The lowest BCUT2D eigenvalue weighted by Crippen LogP contribution is -2.42. The number of nitrogens with one attached hydrogen (secondary N) is 1. The minimum absolute atomic E-state index is 0.0227. The highest BCUT2D eigenvalue weighted by atomic mass is 32.1. The van der Waals surface area contributed by atoms with Crippen molar-refractivity contribution in [1.29, 1.82) is 0 Å². The van der Waals surface area contributed by atoms with Crippen molar-refractivity contribution in [1.82, 2.24) is 20.2 Å². The maximum atomic E-state index is 13.2. The first-order valence-electron chi connectivity index (χ1n) is 11.1. The topological polar surface area (TPSA) is 75.2 Å². The Balaban J connectivity index is 1.32. The minimum atomic E-state index is -0.300. The zero-order chi connectivity index (χ0) is 23.4. The highest BCUT2D eigenvalue weighted by Crippen LogP contribution is 2.31. The Bertz CT molecular complexity index is 1110. The molecule has 1 saturated heterocycles. The van der Waals surface area contributed by atoms with Gasteiger partial charge in [-0.3, -0.25) is 14.6 Å². The summed E-state index contributed by atoms with van der Waals surface area (Å²) in [6.45, 7) is 5.50. The molecule has 172 valence electrons. The molecule has 0 saturated carbocycles. The molecule has 1 fully saturated rings. The maximum Gasteiger partial charge on any atom is 0.265 e. The van der Waals surface area contributed by atoms with E-state index < -0.39 is 0 Å². The van der Waals surface area contributed by atoms with E-state index in [0.717, 1.165) is 24.0 Å². The van der Waals surface area contributed by atoms with E-state index in [4.69, 9.17) is 0 Å². The standard InChI is InChI=1S/C25H27FN4O2S/c1-16(23(31)28-15-18-4-3-11-27-14-18)19-9-12-30(13-10-19)25(32)22-17(2)29-24(33-22)20-5-7-21(26)8-6-20/h3-8,11,14,16,19H,9-10,12-13,15H2,1-2H3,(H,28,31)/t16-/m0/s1. The number of hydrogen-bond acceptors (Lipinski definition) is 5. The van der Waals surface area contributed by atoms with Crippen LogP contribution in [0, 0.1) is 24.6 Å². The van der Waals surface area contributed by atoms with Gasteiger partial charge < -0.3 is 10.2 Å². The molecule has 6 nitrogen and oxygen atoms in total. The van der Waals surface area contributed by atoms with E-state index >= 15 is 0 Å². The van der Waals surface area contributed by atoms with Crippen LogP contribution >= 0.6 is 11.3 Å². The lowest BCUT2D eigenvalue weighted by atomic mass is 9.84. The van der Waals surface area contributed by atoms with Crippen LogP contribution in [0.5, 0.6) is 0 Å². The van der Waals surface area contributed by atoms with Crippen molar-refractivity contribution in [2.45, 2.75) is 33.2 Å². The second-order valence-corrected chi connectivity index (χ2v) is 9.44. The molecular weight excluding hydrogens is 439 g/mol. The third-order valence-corrected chi connectivity index (χ3v) is 7.41. The summed E-state index contributed by atoms with van der Waals surface area (Å²) in [6, 6.07) is 9.93. The van der Waals surface area contributed by atoms with E-state index in [2.05, 4.69) is 15.3 Å². The summed E-state index contributed by atoms with van der Waals surface area (Å²) < 4.78 is 13.2. The monoisotopic (exact) mass is 466 g/mol. The molecule has 8 heteroatoms. The van der Waals surface area contributed by atoms with E-state index in [1.807, 2.05) is 30.9 Å². The van der Waals surface area contributed by atoms with Gasteiger partial charge >= 0.3 is 0 Å². The molecule has 1 aromatic carbocycles. The third kappa shape index (κ3) is 5.45. The fourth-order valence-electron chi connectivity index (χ4n) is 4.12. The Morgan fingerprint density at radius 2 is 1.94 bits per heavy atom. The van der Waals surface area contributed by atoms with Crippen LogP contribution in [0.25, 0.3) is 10.6 Å². The number of pyridine rings is 1. The molecule has 2 amide bonds. The number of aryl methyl sites for hydroxylation is 1. The van der Waals surface area contributed by atoms with Gasteiger partial charge in [0.05, 0.1) is 5.69 Å². The van der Waals surface area contributed by atoms with E-state index in [1.165, 1.54) is 23.5 Å². The van der Waals surface area contributed by atoms with Crippen LogP contribution in [-0.4, -0.2) is 39.8 Å². The number of rotatable bonds is 6. The molecule has 0 aliphatic carbocycles. The van der Waals surface area contributed by atoms with Crippen LogP contribution in [-0.2, 0) is 11.3 Å². The predicted molar refractivity (Wildman–Crippen MR) is 126 cm³/mol. The number of carbonyl (C=O) groups is 2. The molecule has 2 aromatic heterocycles. The van der Waals surface area contributed by atoms with Crippen LogP contribution in [0.3, 0.4) is 0 Å². The normalized spacial score (nSPS) is 15.3. The molecule has 3 heterocycles. The number of piperidine rings is 1. The van der Waals surface area contributed by atoms with Gasteiger partial charge in [-0.25, -0.2) is 9.37 Å². The van der Waals surface area contributed by atoms with E-state index in [0.29, 0.717) is 35.2 Å². The summed E-state index contributed by atoms with van der Waals surface area (Å²) in [4.78, 5) is 36.8. The number of aromatic nitrogens is 2. The fourth-order valence-corrected chi connectivity index (χ4v) is 5.16. The lowest BCUT2D eigenvalue weighted by molar-refractivity contribution is -0.126. The first kappa shape index (κ1) is 23.0. The van der Waals surface area contributed by atoms with Crippen molar-refractivity contribution in [2.24, 2.45) is 11.8 Å². The molecule has 33 heavy (non-hydrogen) atoms. The van der Waals surface area contributed by atoms with Gasteiger partial charge in [0.25, 0.3) is 5.91 Å². The van der Waals surface area contributed by atoms with Crippen molar-refractivity contribution >= 4 is 23.2 Å².